The van der Waals surface area contributed by atoms with Gasteiger partial charge in [-0.3, -0.25) is 15.0 Å². The summed E-state index contributed by atoms with van der Waals surface area (Å²) in [4.78, 5) is 12.8. The van der Waals surface area contributed by atoms with Crippen LogP contribution in [0, 0.1) is 0 Å². The van der Waals surface area contributed by atoms with E-state index in [1.807, 2.05) is 109 Å². The van der Waals surface area contributed by atoms with E-state index in [0.29, 0.717) is 0 Å². The van der Waals surface area contributed by atoms with Crippen molar-refractivity contribution in [3.05, 3.63) is 159 Å². The van der Waals surface area contributed by atoms with Crippen LogP contribution in [-0.2, 0) is 20.1 Å². The molecule has 0 fully saturated rings. The summed E-state index contributed by atoms with van der Waals surface area (Å²) in [7, 11) is 0. The van der Waals surface area contributed by atoms with Gasteiger partial charge in [0.1, 0.15) is 0 Å². The van der Waals surface area contributed by atoms with Gasteiger partial charge in [-0.2, -0.15) is 0 Å². The molecular weight excluding hydrogens is 870 g/mol. The van der Waals surface area contributed by atoms with Gasteiger partial charge in [-0.15, -0.1) is 0 Å². The summed E-state index contributed by atoms with van der Waals surface area (Å²) in [6.07, 6.45) is 5.41. The molecule has 3 nitrogen and oxygen atoms in total. The third kappa shape index (κ3) is 10.3. The Kier molecular flexibility index (Phi) is 13.6. The predicted molar refractivity (Wildman–Crippen MR) is 172 cm³/mol. The van der Waals surface area contributed by atoms with Crippen LogP contribution in [0.25, 0.3) is 33.8 Å². The van der Waals surface area contributed by atoms with Crippen molar-refractivity contribution in [1.82, 2.24) is 15.0 Å². The SMILES string of the molecule is Brc1cccc(-c2ccccn2)c1.Brc1cccc(-c2ccccn2)c1.Brc1cccc(-c2ccccn2)c1.[Ir]. The van der Waals surface area contributed by atoms with Crippen LogP contribution in [0.2, 0.25) is 0 Å². The number of hydrogen-bond acceptors (Lipinski definition) is 3. The first-order valence-electron chi connectivity index (χ1n) is 12.1. The Balaban J connectivity index is 0.000000163. The molecule has 0 saturated carbocycles. The summed E-state index contributed by atoms with van der Waals surface area (Å²) in [6.45, 7) is 0. The quantitative estimate of drug-likeness (QED) is 0.178. The minimum atomic E-state index is 0. The van der Waals surface area contributed by atoms with Crippen molar-refractivity contribution in [2.24, 2.45) is 0 Å². The fourth-order valence-electron chi connectivity index (χ4n) is 3.54. The summed E-state index contributed by atoms with van der Waals surface area (Å²) < 4.78 is 3.24. The summed E-state index contributed by atoms with van der Waals surface area (Å²) in [5, 5.41) is 0. The van der Waals surface area contributed by atoms with Crippen LogP contribution < -0.4 is 0 Å². The Morgan fingerprint density at radius 3 is 0.875 bits per heavy atom. The number of hydrogen-bond donors (Lipinski definition) is 0. The number of aromatic nitrogens is 3. The number of rotatable bonds is 3. The molecule has 0 aliphatic heterocycles. The first-order valence-corrected chi connectivity index (χ1v) is 14.5. The van der Waals surface area contributed by atoms with Gasteiger partial charge in [-0.1, -0.05) is 102 Å². The molecule has 0 aliphatic rings. The van der Waals surface area contributed by atoms with Crippen LogP contribution in [0.1, 0.15) is 0 Å². The van der Waals surface area contributed by atoms with E-state index in [1.165, 1.54) is 0 Å². The topological polar surface area (TPSA) is 38.7 Å². The van der Waals surface area contributed by atoms with Gasteiger partial charge in [0.25, 0.3) is 0 Å². The van der Waals surface area contributed by atoms with E-state index in [0.717, 1.165) is 47.2 Å². The predicted octanol–water partition coefficient (Wildman–Crippen LogP) is 10.5. The van der Waals surface area contributed by atoms with Crippen molar-refractivity contribution in [3.63, 3.8) is 0 Å². The summed E-state index contributed by atoms with van der Waals surface area (Å²) in [6, 6.07) is 42.1. The molecule has 40 heavy (non-hydrogen) atoms. The normalized spacial score (nSPS) is 9.68. The zero-order valence-corrected chi connectivity index (χ0v) is 28.3. The first-order chi connectivity index (χ1) is 19.1. The van der Waals surface area contributed by atoms with E-state index >= 15 is 0 Å². The second kappa shape index (κ2) is 17.1. The Labute approximate surface area is 273 Å². The summed E-state index contributed by atoms with van der Waals surface area (Å²) in [5.41, 5.74) is 6.41. The van der Waals surface area contributed by atoms with Crippen molar-refractivity contribution in [3.8, 4) is 33.8 Å². The fourth-order valence-corrected chi connectivity index (χ4v) is 4.74. The molecule has 0 N–H and O–H groups in total. The molecule has 7 heteroatoms. The van der Waals surface area contributed by atoms with Crippen LogP contribution in [0.15, 0.2) is 159 Å². The van der Waals surface area contributed by atoms with Gasteiger partial charge in [-0.25, -0.2) is 0 Å². The molecule has 0 amide bonds. The number of nitrogens with zero attached hydrogens (tertiary/aromatic N) is 3. The van der Waals surface area contributed by atoms with Crippen molar-refractivity contribution in [1.29, 1.82) is 0 Å². The molecule has 201 valence electrons. The molecule has 0 atom stereocenters. The van der Waals surface area contributed by atoms with Crippen LogP contribution >= 0.6 is 47.8 Å². The molecule has 0 aliphatic carbocycles. The van der Waals surface area contributed by atoms with Crippen LogP contribution in [0.5, 0.6) is 0 Å². The van der Waals surface area contributed by atoms with Crippen LogP contribution in [0.4, 0.5) is 0 Å². The summed E-state index contributed by atoms with van der Waals surface area (Å²) in [5.74, 6) is 0. The maximum absolute atomic E-state index is 4.27. The Hall–Kier alpha value is -2.80. The van der Waals surface area contributed by atoms with Gasteiger partial charge < -0.3 is 0 Å². The second-order valence-electron chi connectivity index (χ2n) is 8.18. The monoisotopic (exact) mass is 892 g/mol. The van der Waals surface area contributed by atoms with E-state index in [9.17, 15) is 0 Å². The molecule has 0 saturated heterocycles. The molecule has 0 bridgehead atoms. The molecule has 3 aromatic carbocycles. The van der Waals surface area contributed by atoms with Gasteiger partial charge >= 0.3 is 0 Å². The van der Waals surface area contributed by atoms with Gasteiger partial charge in [0, 0.05) is 68.8 Å². The standard InChI is InChI=1S/3C11H8BrN.Ir/c3*12-10-5-3-4-9(8-10)11-6-1-2-7-13-11;/h3*1-8H;. The zero-order valence-electron chi connectivity index (χ0n) is 21.2. The minimum Gasteiger partial charge on any atom is -0.256 e. The van der Waals surface area contributed by atoms with E-state index < -0.39 is 0 Å². The van der Waals surface area contributed by atoms with Crippen LogP contribution in [-0.4, -0.2) is 15.0 Å². The Bertz CT molecular complexity index is 1390. The Morgan fingerprint density at radius 1 is 0.350 bits per heavy atom. The smallest absolute Gasteiger partial charge is 0.0702 e. The van der Waals surface area contributed by atoms with E-state index in [2.05, 4.69) is 80.9 Å². The van der Waals surface area contributed by atoms with Gasteiger partial charge in [0.05, 0.1) is 17.1 Å². The number of pyridine rings is 3. The molecule has 0 spiro atoms. The molecule has 6 rings (SSSR count). The van der Waals surface area contributed by atoms with Crippen LogP contribution in [0.3, 0.4) is 0 Å². The molecule has 3 aromatic heterocycles. The van der Waals surface area contributed by atoms with Crippen molar-refractivity contribution in [2.75, 3.05) is 0 Å². The van der Waals surface area contributed by atoms with Gasteiger partial charge in [0.15, 0.2) is 0 Å². The minimum absolute atomic E-state index is 0. The third-order valence-corrected chi connectivity index (χ3v) is 6.84. The van der Waals surface area contributed by atoms with Crippen molar-refractivity contribution >= 4 is 47.8 Å². The second-order valence-corrected chi connectivity index (χ2v) is 10.9. The molecule has 3 heterocycles. The van der Waals surface area contributed by atoms with Crippen molar-refractivity contribution < 1.29 is 20.1 Å². The zero-order chi connectivity index (χ0) is 27.3. The maximum Gasteiger partial charge on any atom is 0.0702 e. The molecule has 6 aromatic rings. The maximum atomic E-state index is 4.27. The van der Waals surface area contributed by atoms with E-state index in [4.69, 9.17) is 0 Å². The van der Waals surface area contributed by atoms with E-state index in [1.54, 1.807) is 18.6 Å². The van der Waals surface area contributed by atoms with Gasteiger partial charge in [0.2, 0.25) is 0 Å². The average Bonchev–Trinajstić information content (AvgIpc) is 2.99. The fraction of sp³-hybridized carbons (Fsp3) is 0. The average molecular weight is 895 g/mol. The molecule has 1 radical (unpaired) electrons. The molecule has 0 unspecified atom stereocenters. The van der Waals surface area contributed by atoms with Gasteiger partial charge in [-0.05, 0) is 72.8 Å². The largest absolute Gasteiger partial charge is 0.256 e. The number of benzene rings is 3. The first kappa shape index (κ1) is 31.7. The van der Waals surface area contributed by atoms with Crippen molar-refractivity contribution in [2.45, 2.75) is 0 Å². The Morgan fingerprint density at radius 2 is 0.650 bits per heavy atom. The summed E-state index contributed by atoms with van der Waals surface area (Å²) >= 11 is 10.3. The molecular formula is C33H24Br3IrN3. The third-order valence-electron chi connectivity index (χ3n) is 5.36. The van der Waals surface area contributed by atoms with E-state index in [-0.39, 0.29) is 20.1 Å². The number of halogens is 3.